The molecule has 2 heterocycles. The number of nitrogens with zero attached hydrogens (tertiary/aromatic N) is 2. The highest BCUT2D eigenvalue weighted by Gasteiger charge is 2.16. The third-order valence-corrected chi connectivity index (χ3v) is 4.61. The summed E-state index contributed by atoms with van der Waals surface area (Å²) in [7, 11) is 0. The molecule has 1 aliphatic rings. The maximum absolute atomic E-state index is 13.3. The van der Waals surface area contributed by atoms with Gasteiger partial charge in [-0.3, -0.25) is 9.36 Å². The van der Waals surface area contributed by atoms with E-state index in [9.17, 15) is 9.18 Å². The van der Waals surface area contributed by atoms with E-state index >= 15 is 0 Å². The summed E-state index contributed by atoms with van der Waals surface area (Å²) in [5.41, 5.74) is 1.10. The number of hydrogen-bond donors (Lipinski definition) is 1. The van der Waals surface area contributed by atoms with E-state index in [1.165, 1.54) is 12.1 Å². The van der Waals surface area contributed by atoms with Crippen molar-refractivity contribution in [3.05, 3.63) is 70.5 Å². The molecule has 1 atom stereocenters. The van der Waals surface area contributed by atoms with Gasteiger partial charge in [0, 0.05) is 13.2 Å². The average molecular weight is 353 g/mol. The number of halogens is 1. The number of ether oxygens (including phenoxy) is 1. The van der Waals surface area contributed by atoms with Crippen LogP contribution in [0.1, 0.15) is 18.7 Å². The zero-order chi connectivity index (χ0) is 17.9. The quantitative estimate of drug-likeness (QED) is 0.766. The highest BCUT2D eigenvalue weighted by molar-refractivity contribution is 5.77. The second-order valence-electron chi connectivity index (χ2n) is 6.43. The zero-order valence-electron chi connectivity index (χ0n) is 14.3. The van der Waals surface area contributed by atoms with E-state index in [1.807, 2.05) is 18.2 Å². The van der Waals surface area contributed by atoms with Crippen molar-refractivity contribution in [2.24, 2.45) is 0 Å². The molecule has 134 valence electrons. The second-order valence-corrected chi connectivity index (χ2v) is 6.43. The van der Waals surface area contributed by atoms with Crippen molar-refractivity contribution in [1.29, 1.82) is 0 Å². The maximum atomic E-state index is 13.3. The number of benzene rings is 2. The van der Waals surface area contributed by atoms with Gasteiger partial charge in [0.25, 0.3) is 5.56 Å². The molecule has 0 bridgehead atoms. The number of hydrogen-bond acceptors (Lipinski definition) is 4. The van der Waals surface area contributed by atoms with Crippen LogP contribution in [-0.4, -0.2) is 28.8 Å². The molecule has 1 aromatic heterocycles. The van der Waals surface area contributed by atoms with Gasteiger partial charge in [-0.05, 0) is 49.2 Å². The molecular weight excluding hydrogens is 333 g/mol. The lowest BCUT2D eigenvalue weighted by atomic mass is 10.2. The highest BCUT2D eigenvalue weighted by Crippen LogP contribution is 2.14. The Hall–Kier alpha value is -2.57. The van der Waals surface area contributed by atoms with Gasteiger partial charge in [0.2, 0.25) is 0 Å². The van der Waals surface area contributed by atoms with E-state index in [0.717, 1.165) is 19.4 Å². The summed E-state index contributed by atoms with van der Waals surface area (Å²) < 4.78 is 20.5. The summed E-state index contributed by atoms with van der Waals surface area (Å²) in [6.45, 7) is 1.95. The molecule has 0 spiro atoms. The van der Waals surface area contributed by atoms with E-state index in [-0.39, 0.29) is 17.5 Å². The third kappa shape index (κ3) is 3.38. The molecule has 0 radical (unpaired) electrons. The van der Waals surface area contributed by atoms with Gasteiger partial charge < -0.3 is 10.1 Å². The first-order valence-corrected chi connectivity index (χ1v) is 8.81. The normalized spacial score (nSPS) is 17.0. The molecule has 0 unspecified atom stereocenters. The molecule has 0 amide bonds. The van der Waals surface area contributed by atoms with E-state index in [0.29, 0.717) is 35.5 Å². The summed E-state index contributed by atoms with van der Waals surface area (Å²) >= 11 is 0. The monoisotopic (exact) mass is 353 g/mol. The Morgan fingerprint density at radius 3 is 2.77 bits per heavy atom. The molecular formula is C20H20FN3O2. The van der Waals surface area contributed by atoms with E-state index in [4.69, 9.17) is 4.74 Å². The van der Waals surface area contributed by atoms with Crippen LogP contribution >= 0.6 is 0 Å². The average Bonchev–Trinajstić information content (AvgIpc) is 3.17. The number of fused-ring (bicyclic) bond motifs is 1. The van der Waals surface area contributed by atoms with Crippen molar-refractivity contribution in [3.8, 4) is 5.69 Å². The molecule has 26 heavy (non-hydrogen) atoms. The molecule has 1 saturated heterocycles. The van der Waals surface area contributed by atoms with E-state index in [1.54, 1.807) is 22.8 Å². The second kappa shape index (κ2) is 7.35. The Morgan fingerprint density at radius 2 is 2.00 bits per heavy atom. The van der Waals surface area contributed by atoms with Crippen LogP contribution in [0.4, 0.5) is 4.39 Å². The lowest BCUT2D eigenvalue weighted by molar-refractivity contribution is 0.109. The predicted octanol–water partition coefficient (Wildman–Crippen LogP) is 2.79. The first-order chi connectivity index (χ1) is 12.7. The van der Waals surface area contributed by atoms with Crippen molar-refractivity contribution < 1.29 is 9.13 Å². The standard InChI is InChI=1S/C20H20FN3O2/c21-14-7-9-15(10-8-14)24-19(13-22-12-16-4-3-11-26-16)23-18-6-2-1-5-17(18)20(24)25/h1-2,5-10,16,22H,3-4,11-13H2/t16-/m0/s1. The first-order valence-electron chi connectivity index (χ1n) is 8.81. The van der Waals surface area contributed by atoms with Crippen molar-refractivity contribution in [2.75, 3.05) is 13.2 Å². The van der Waals surface area contributed by atoms with Crippen LogP contribution in [0.2, 0.25) is 0 Å². The van der Waals surface area contributed by atoms with Gasteiger partial charge in [-0.2, -0.15) is 0 Å². The molecule has 0 saturated carbocycles. The minimum absolute atomic E-state index is 0.156. The van der Waals surface area contributed by atoms with Crippen molar-refractivity contribution in [2.45, 2.75) is 25.5 Å². The molecule has 0 aliphatic carbocycles. The van der Waals surface area contributed by atoms with Gasteiger partial charge in [0.1, 0.15) is 11.6 Å². The molecule has 5 nitrogen and oxygen atoms in total. The van der Waals surface area contributed by atoms with Crippen molar-refractivity contribution in [1.82, 2.24) is 14.9 Å². The third-order valence-electron chi connectivity index (χ3n) is 4.61. The van der Waals surface area contributed by atoms with Gasteiger partial charge >= 0.3 is 0 Å². The van der Waals surface area contributed by atoms with Crippen LogP contribution in [0.5, 0.6) is 0 Å². The van der Waals surface area contributed by atoms with Crippen LogP contribution < -0.4 is 10.9 Å². The van der Waals surface area contributed by atoms with Gasteiger partial charge in [0.15, 0.2) is 0 Å². The van der Waals surface area contributed by atoms with Crippen LogP contribution in [0.15, 0.2) is 53.3 Å². The Morgan fingerprint density at radius 1 is 1.19 bits per heavy atom. The van der Waals surface area contributed by atoms with Crippen LogP contribution in [0.25, 0.3) is 16.6 Å². The fourth-order valence-electron chi connectivity index (χ4n) is 3.30. The lowest BCUT2D eigenvalue weighted by Crippen LogP contribution is -2.31. The Bertz CT molecular complexity index is 963. The Labute approximate surface area is 150 Å². The number of nitrogens with one attached hydrogen (secondary N) is 1. The molecule has 1 fully saturated rings. The molecule has 6 heteroatoms. The Balaban J connectivity index is 1.72. The zero-order valence-corrected chi connectivity index (χ0v) is 14.3. The minimum Gasteiger partial charge on any atom is -0.377 e. The number of aromatic nitrogens is 2. The van der Waals surface area contributed by atoms with E-state index in [2.05, 4.69) is 10.3 Å². The summed E-state index contributed by atoms with van der Waals surface area (Å²) in [5.74, 6) is 0.256. The topological polar surface area (TPSA) is 56.1 Å². The summed E-state index contributed by atoms with van der Waals surface area (Å²) in [6, 6.07) is 13.1. The largest absolute Gasteiger partial charge is 0.377 e. The van der Waals surface area contributed by atoms with Crippen LogP contribution in [0.3, 0.4) is 0 Å². The van der Waals surface area contributed by atoms with Gasteiger partial charge in [-0.25, -0.2) is 9.37 Å². The van der Waals surface area contributed by atoms with Gasteiger partial charge in [0.05, 0.1) is 29.2 Å². The molecule has 3 aromatic rings. The fraction of sp³-hybridized carbons (Fsp3) is 0.300. The number of para-hydroxylation sites is 1. The van der Waals surface area contributed by atoms with Crippen molar-refractivity contribution >= 4 is 10.9 Å². The summed E-state index contributed by atoms with van der Waals surface area (Å²) in [6.07, 6.45) is 2.34. The van der Waals surface area contributed by atoms with Crippen molar-refractivity contribution in [3.63, 3.8) is 0 Å². The molecule has 4 rings (SSSR count). The predicted molar refractivity (Wildman–Crippen MR) is 98.0 cm³/mol. The van der Waals surface area contributed by atoms with Gasteiger partial charge in [-0.15, -0.1) is 0 Å². The molecule has 1 N–H and O–H groups in total. The Kier molecular flexibility index (Phi) is 4.77. The van der Waals surface area contributed by atoms with E-state index < -0.39 is 0 Å². The first kappa shape index (κ1) is 16.9. The number of rotatable bonds is 5. The molecule has 2 aromatic carbocycles. The van der Waals surface area contributed by atoms with Crippen LogP contribution in [-0.2, 0) is 11.3 Å². The summed E-state index contributed by atoms with van der Waals surface area (Å²) in [4.78, 5) is 17.7. The smallest absolute Gasteiger partial charge is 0.266 e. The van der Waals surface area contributed by atoms with Gasteiger partial charge in [-0.1, -0.05) is 12.1 Å². The minimum atomic E-state index is -0.339. The highest BCUT2D eigenvalue weighted by atomic mass is 19.1. The lowest BCUT2D eigenvalue weighted by Gasteiger charge is -2.15. The summed E-state index contributed by atoms with van der Waals surface area (Å²) in [5, 5.41) is 3.88. The SMILES string of the molecule is O=c1c2ccccc2nc(CNC[C@@H]2CCCO2)n1-c1ccc(F)cc1. The van der Waals surface area contributed by atoms with Crippen LogP contribution in [0, 0.1) is 5.82 Å². The maximum Gasteiger partial charge on any atom is 0.266 e. The molecule has 1 aliphatic heterocycles. The fourth-order valence-corrected chi connectivity index (χ4v) is 3.30.